The molecule has 1 atom stereocenters. The van der Waals surface area contributed by atoms with Crippen molar-refractivity contribution < 1.29 is 18.3 Å². The third kappa shape index (κ3) is 5.14. The van der Waals surface area contributed by atoms with Gasteiger partial charge < -0.3 is 9.84 Å². The zero-order valence-electron chi connectivity index (χ0n) is 15.7. The molecule has 26 heavy (non-hydrogen) atoms. The number of hydrogen-bond acceptors (Lipinski definition) is 4. The number of rotatable bonds is 8. The van der Waals surface area contributed by atoms with Crippen molar-refractivity contribution in [3.05, 3.63) is 64.2 Å². The molecule has 0 aliphatic heterocycles. The van der Waals surface area contributed by atoms with Gasteiger partial charge in [0.1, 0.15) is 0 Å². The maximum absolute atomic E-state index is 12.8. The Labute approximate surface area is 156 Å². The van der Waals surface area contributed by atoms with Crippen LogP contribution in [0, 0.1) is 27.7 Å². The maximum atomic E-state index is 12.8. The van der Waals surface area contributed by atoms with Crippen LogP contribution >= 0.6 is 0 Å². The van der Waals surface area contributed by atoms with E-state index in [1.54, 1.807) is 13.8 Å². The van der Waals surface area contributed by atoms with Crippen LogP contribution in [-0.2, 0) is 14.8 Å². The van der Waals surface area contributed by atoms with Crippen LogP contribution in [0.3, 0.4) is 0 Å². The summed E-state index contributed by atoms with van der Waals surface area (Å²) in [6.07, 6.45) is -0.469. The summed E-state index contributed by atoms with van der Waals surface area (Å²) in [5.74, 6) is 0. The summed E-state index contributed by atoms with van der Waals surface area (Å²) in [6.45, 7) is 7.65. The van der Waals surface area contributed by atoms with E-state index >= 15 is 0 Å². The SMILES string of the molecule is Cc1ccc(C(CNS(=O)(=O)c2c(C)cc(C)cc2C)OCCO)cc1. The summed E-state index contributed by atoms with van der Waals surface area (Å²) in [6, 6.07) is 11.4. The summed E-state index contributed by atoms with van der Waals surface area (Å²) in [5.41, 5.74) is 4.45. The first-order valence-corrected chi connectivity index (χ1v) is 10.1. The van der Waals surface area contributed by atoms with E-state index in [-0.39, 0.29) is 19.8 Å². The van der Waals surface area contributed by atoms with E-state index < -0.39 is 16.1 Å². The van der Waals surface area contributed by atoms with Gasteiger partial charge in [-0.15, -0.1) is 0 Å². The van der Waals surface area contributed by atoms with Crippen LogP contribution in [0.2, 0.25) is 0 Å². The predicted octanol–water partition coefficient (Wildman–Crippen LogP) is 2.95. The fourth-order valence-electron chi connectivity index (χ4n) is 3.10. The van der Waals surface area contributed by atoms with Gasteiger partial charge in [-0.25, -0.2) is 13.1 Å². The Morgan fingerprint density at radius 2 is 1.58 bits per heavy atom. The van der Waals surface area contributed by atoms with Crippen molar-refractivity contribution >= 4 is 10.0 Å². The van der Waals surface area contributed by atoms with Gasteiger partial charge in [-0.05, 0) is 44.4 Å². The fourth-order valence-corrected chi connectivity index (χ4v) is 4.58. The second-order valence-electron chi connectivity index (χ2n) is 6.57. The molecule has 0 saturated carbocycles. The van der Waals surface area contributed by atoms with Crippen molar-refractivity contribution in [2.75, 3.05) is 19.8 Å². The van der Waals surface area contributed by atoms with Crippen LogP contribution < -0.4 is 4.72 Å². The number of aliphatic hydroxyl groups is 1. The van der Waals surface area contributed by atoms with Gasteiger partial charge in [-0.1, -0.05) is 47.5 Å². The molecule has 2 aromatic rings. The highest BCUT2D eigenvalue weighted by Gasteiger charge is 2.22. The molecule has 2 N–H and O–H groups in total. The summed E-state index contributed by atoms with van der Waals surface area (Å²) < 4.78 is 34.0. The number of sulfonamides is 1. The van der Waals surface area contributed by atoms with Crippen molar-refractivity contribution in [2.45, 2.75) is 38.7 Å². The quantitative estimate of drug-likeness (QED) is 0.742. The molecule has 0 aliphatic carbocycles. The minimum Gasteiger partial charge on any atom is -0.394 e. The molecule has 142 valence electrons. The Balaban J connectivity index is 2.23. The molecule has 0 fully saturated rings. The molecule has 2 aromatic carbocycles. The molecule has 2 rings (SSSR count). The third-order valence-corrected chi connectivity index (χ3v) is 5.92. The number of aryl methyl sites for hydroxylation is 4. The molecule has 0 bridgehead atoms. The summed E-state index contributed by atoms with van der Waals surface area (Å²) in [7, 11) is -3.67. The van der Waals surface area contributed by atoms with Gasteiger partial charge in [0.05, 0.1) is 24.2 Å². The van der Waals surface area contributed by atoms with Crippen LogP contribution in [0.5, 0.6) is 0 Å². The molecule has 6 heteroatoms. The van der Waals surface area contributed by atoms with Crippen LogP contribution in [-0.4, -0.2) is 33.3 Å². The first-order chi connectivity index (χ1) is 12.2. The van der Waals surface area contributed by atoms with E-state index in [0.29, 0.717) is 4.90 Å². The van der Waals surface area contributed by atoms with Gasteiger partial charge in [0.2, 0.25) is 10.0 Å². The van der Waals surface area contributed by atoms with Gasteiger partial charge in [0, 0.05) is 6.54 Å². The molecule has 0 spiro atoms. The van der Waals surface area contributed by atoms with E-state index in [9.17, 15) is 8.42 Å². The predicted molar refractivity (Wildman–Crippen MR) is 103 cm³/mol. The number of hydrogen-bond donors (Lipinski definition) is 2. The second-order valence-corrected chi connectivity index (χ2v) is 8.28. The molecule has 0 amide bonds. The van der Waals surface area contributed by atoms with E-state index in [2.05, 4.69) is 4.72 Å². The summed E-state index contributed by atoms with van der Waals surface area (Å²) >= 11 is 0. The van der Waals surface area contributed by atoms with Gasteiger partial charge in [-0.2, -0.15) is 0 Å². The Kier molecular flexibility index (Phi) is 6.94. The molecular formula is C20H27NO4S. The third-order valence-electron chi connectivity index (χ3n) is 4.19. The summed E-state index contributed by atoms with van der Waals surface area (Å²) in [5, 5.41) is 9.05. The van der Waals surface area contributed by atoms with Crippen molar-refractivity contribution in [3.8, 4) is 0 Å². The number of ether oxygens (including phenoxy) is 1. The number of aliphatic hydroxyl groups excluding tert-OH is 1. The number of benzene rings is 2. The molecule has 5 nitrogen and oxygen atoms in total. The molecular weight excluding hydrogens is 350 g/mol. The van der Waals surface area contributed by atoms with Gasteiger partial charge in [-0.3, -0.25) is 0 Å². The standard InChI is InChI=1S/C20H27NO4S/c1-14-5-7-18(8-6-14)19(25-10-9-22)13-21-26(23,24)20-16(3)11-15(2)12-17(20)4/h5-8,11-12,19,21-22H,9-10,13H2,1-4H3. The highest BCUT2D eigenvalue weighted by Crippen LogP contribution is 2.23. The van der Waals surface area contributed by atoms with Crippen molar-refractivity contribution in [2.24, 2.45) is 0 Å². The molecule has 1 unspecified atom stereocenters. The smallest absolute Gasteiger partial charge is 0.241 e. The Morgan fingerprint density at radius 3 is 2.12 bits per heavy atom. The first-order valence-electron chi connectivity index (χ1n) is 8.61. The van der Waals surface area contributed by atoms with E-state index in [4.69, 9.17) is 9.84 Å². The topological polar surface area (TPSA) is 75.6 Å². The zero-order valence-corrected chi connectivity index (χ0v) is 16.6. The normalized spacial score (nSPS) is 13.0. The van der Waals surface area contributed by atoms with E-state index in [1.165, 1.54) is 0 Å². The van der Waals surface area contributed by atoms with Gasteiger partial charge in [0.15, 0.2) is 0 Å². The van der Waals surface area contributed by atoms with Crippen LogP contribution in [0.15, 0.2) is 41.3 Å². The van der Waals surface area contributed by atoms with Crippen molar-refractivity contribution in [1.82, 2.24) is 4.72 Å². The molecule has 0 saturated heterocycles. The van der Waals surface area contributed by atoms with E-state index in [0.717, 1.165) is 27.8 Å². The number of nitrogens with one attached hydrogen (secondary N) is 1. The molecule has 0 aliphatic rings. The molecule has 0 aromatic heterocycles. The van der Waals surface area contributed by atoms with Crippen LogP contribution in [0.4, 0.5) is 0 Å². The minimum atomic E-state index is -3.67. The Bertz CT molecular complexity index is 822. The maximum Gasteiger partial charge on any atom is 0.241 e. The lowest BCUT2D eigenvalue weighted by Gasteiger charge is -2.20. The Hall–Kier alpha value is -1.73. The Morgan fingerprint density at radius 1 is 1.00 bits per heavy atom. The monoisotopic (exact) mass is 377 g/mol. The average molecular weight is 378 g/mol. The largest absolute Gasteiger partial charge is 0.394 e. The lowest BCUT2D eigenvalue weighted by molar-refractivity contribution is 0.0309. The van der Waals surface area contributed by atoms with Crippen molar-refractivity contribution in [1.29, 1.82) is 0 Å². The average Bonchev–Trinajstić information content (AvgIpc) is 2.54. The summed E-state index contributed by atoms with van der Waals surface area (Å²) in [4.78, 5) is 0.313. The highest BCUT2D eigenvalue weighted by molar-refractivity contribution is 7.89. The van der Waals surface area contributed by atoms with Gasteiger partial charge in [0.25, 0.3) is 0 Å². The lowest BCUT2D eigenvalue weighted by Crippen LogP contribution is -2.31. The molecule has 0 radical (unpaired) electrons. The molecule has 0 heterocycles. The second kappa shape index (κ2) is 8.77. The lowest BCUT2D eigenvalue weighted by atomic mass is 10.1. The first kappa shape index (κ1) is 20.6. The van der Waals surface area contributed by atoms with E-state index in [1.807, 2.05) is 50.2 Å². The van der Waals surface area contributed by atoms with Gasteiger partial charge >= 0.3 is 0 Å². The minimum absolute atomic E-state index is 0.0954. The fraction of sp³-hybridized carbons (Fsp3) is 0.400. The zero-order chi connectivity index (χ0) is 19.3. The van der Waals surface area contributed by atoms with Crippen LogP contribution in [0.25, 0.3) is 0 Å². The van der Waals surface area contributed by atoms with Crippen LogP contribution in [0.1, 0.15) is 33.9 Å². The van der Waals surface area contributed by atoms with Crippen molar-refractivity contribution in [3.63, 3.8) is 0 Å². The highest BCUT2D eigenvalue weighted by atomic mass is 32.2.